The molecule has 8 heteroatoms. The zero-order chi connectivity index (χ0) is 17.0. The highest BCUT2D eigenvalue weighted by atomic mass is 79.9. The van der Waals surface area contributed by atoms with E-state index in [1.165, 1.54) is 7.11 Å². The van der Waals surface area contributed by atoms with Crippen LogP contribution in [0.25, 0.3) is 0 Å². The minimum absolute atomic E-state index is 0.214. The molecular formula is C15H13Br2ClN2O3. The van der Waals surface area contributed by atoms with Crippen molar-refractivity contribution in [2.24, 2.45) is 0 Å². The first-order valence-electron chi connectivity index (χ1n) is 6.44. The zero-order valence-corrected chi connectivity index (χ0v) is 15.9. The summed E-state index contributed by atoms with van der Waals surface area (Å²) < 4.78 is 6.56. The topological polar surface area (TPSA) is 70.6 Å². The normalized spacial score (nSPS) is 10.3. The van der Waals surface area contributed by atoms with Crippen LogP contribution in [0.4, 0.5) is 16.2 Å². The van der Waals surface area contributed by atoms with Crippen molar-refractivity contribution in [1.82, 2.24) is 0 Å². The number of aliphatic hydroxyl groups excluding tert-OH is 1. The fourth-order valence-corrected chi connectivity index (χ4v) is 3.49. The minimum atomic E-state index is -0.464. The SMILES string of the molecule is COc1cc(Cl)cc(NC(=O)Nc2cc(Br)cc(Br)c2CO)c1. The van der Waals surface area contributed by atoms with Gasteiger partial charge in [-0.05, 0) is 24.3 Å². The highest BCUT2D eigenvalue weighted by Crippen LogP contribution is 2.30. The number of ether oxygens (including phenoxy) is 1. The molecule has 0 heterocycles. The summed E-state index contributed by atoms with van der Waals surface area (Å²) in [5, 5.41) is 15.3. The molecule has 3 N–H and O–H groups in total. The van der Waals surface area contributed by atoms with E-state index in [1.807, 2.05) is 0 Å². The number of hydrogen-bond donors (Lipinski definition) is 3. The van der Waals surface area contributed by atoms with Gasteiger partial charge in [-0.2, -0.15) is 0 Å². The summed E-state index contributed by atoms with van der Waals surface area (Å²) in [6, 6.07) is 7.92. The van der Waals surface area contributed by atoms with Gasteiger partial charge in [0.05, 0.1) is 19.4 Å². The van der Waals surface area contributed by atoms with Crippen LogP contribution < -0.4 is 15.4 Å². The Morgan fingerprint density at radius 1 is 1.22 bits per heavy atom. The average molecular weight is 465 g/mol. The van der Waals surface area contributed by atoms with Gasteiger partial charge >= 0.3 is 6.03 Å². The summed E-state index contributed by atoms with van der Waals surface area (Å²) in [4.78, 5) is 12.2. The van der Waals surface area contributed by atoms with Crippen LogP contribution in [0.5, 0.6) is 5.75 Å². The second-order valence-corrected chi connectivity index (χ2v) is 6.74. The van der Waals surface area contributed by atoms with Gasteiger partial charge in [0.2, 0.25) is 0 Å². The highest BCUT2D eigenvalue weighted by Gasteiger charge is 2.12. The van der Waals surface area contributed by atoms with Gasteiger partial charge in [-0.1, -0.05) is 43.5 Å². The first kappa shape index (κ1) is 18.1. The molecule has 2 amide bonds. The Hall–Kier alpha value is -1.28. The molecule has 0 saturated carbocycles. The standard InChI is InChI=1S/C15H13Br2ClN2O3/c1-23-11-5-9(18)4-10(6-11)19-15(22)20-14-3-8(16)2-13(17)12(14)7-21/h2-6,21H,7H2,1H3,(H2,19,20,22). The first-order valence-corrected chi connectivity index (χ1v) is 8.40. The van der Waals surface area contributed by atoms with Crippen LogP contribution in [0.2, 0.25) is 5.02 Å². The van der Waals surface area contributed by atoms with E-state index in [1.54, 1.807) is 30.3 Å². The van der Waals surface area contributed by atoms with Crippen LogP contribution in [0, 0.1) is 0 Å². The second-order valence-electron chi connectivity index (χ2n) is 4.53. The lowest BCUT2D eigenvalue weighted by Crippen LogP contribution is -2.20. The van der Waals surface area contributed by atoms with Crippen molar-refractivity contribution < 1.29 is 14.6 Å². The quantitative estimate of drug-likeness (QED) is 0.596. The molecule has 0 fully saturated rings. The van der Waals surface area contributed by atoms with Crippen molar-refractivity contribution in [3.63, 3.8) is 0 Å². The Balaban J connectivity index is 2.19. The van der Waals surface area contributed by atoms with Crippen molar-refractivity contribution in [2.45, 2.75) is 6.61 Å². The number of benzene rings is 2. The summed E-state index contributed by atoms with van der Waals surface area (Å²) in [5.74, 6) is 0.536. The van der Waals surface area contributed by atoms with Crippen molar-refractivity contribution >= 4 is 60.9 Å². The van der Waals surface area contributed by atoms with Crippen LogP contribution in [-0.4, -0.2) is 18.2 Å². The van der Waals surface area contributed by atoms with Gasteiger partial charge in [-0.15, -0.1) is 0 Å². The van der Waals surface area contributed by atoms with E-state index in [2.05, 4.69) is 42.5 Å². The number of halogens is 3. The molecular weight excluding hydrogens is 451 g/mol. The van der Waals surface area contributed by atoms with E-state index in [4.69, 9.17) is 16.3 Å². The number of urea groups is 1. The lowest BCUT2D eigenvalue weighted by atomic mass is 10.2. The predicted octanol–water partition coefficient (Wildman–Crippen LogP) is 5.01. The van der Waals surface area contributed by atoms with Crippen LogP contribution >= 0.6 is 43.5 Å². The number of methoxy groups -OCH3 is 1. The zero-order valence-electron chi connectivity index (χ0n) is 12.0. The fraction of sp³-hybridized carbons (Fsp3) is 0.133. The summed E-state index contributed by atoms with van der Waals surface area (Å²) in [5.41, 5.74) is 1.55. The largest absolute Gasteiger partial charge is 0.497 e. The van der Waals surface area contributed by atoms with E-state index < -0.39 is 6.03 Å². The Morgan fingerprint density at radius 2 is 1.96 bits per heavy atom. The molecule has 0 saturated heterocycles. The number of aliphatic hydroxyl groups is 1. The van der Waals surface area contributed by atoms with Crippen LogP contribution in [0.15, 0.2) is 39.3 Å². The average Bonchev–Trinajstić information content (AvgIpc) is 2.45. The number of carbonyl (C=O) groups is 1. The number of hydrogen-bond acceptors (Lipinski definition) is 3. The maximum atomic E-state index is 12.2. The lowest BCUT2D eigenvalue weighted by Gasteiger charge is -2.13. The Bertz CT molecular complexity index is 741. The third kappa shape index (κ3) is 4.84. The lowest BCUT2D eigenvalue weighted by molar-refractivity contribution is 0.262. The number of amides is 2. The first-order chi connectivity index (χ1) is 10.9. The number of nitrogens with one attached hydrogen (secondary N) is 2. The maximum Gasteiger partial charge on any atom is 0.323 e. The van der Waals surface area contributed by atoms with E-state index in [-0.39, 0.29) is 6.61 Å². The summed E-state index contributed by atoms with van der Waals surface area (Å²) in [7, 11) is 1.52. The molecule has 0 unspecified atom stereocenters. The van der Waals surface area contributed by atoms with Gasteiger partial charge in [0.1, 0.15) is 5.75 Å². The van der Waals surface area contributed by atoms with Crippen LogP contribution in [0.1, 0.15) is 5.56 Å². The molecule has 122 valence electrons. The summed E-state index contributed by atoms with van der Waals surface area (Å²) in [6.45, 7) is -0.214. The van der Waals surface area contributed by atoms with Gasteiger partial charge < -0.3 is 20.5 Å². The van der Waals surface area contributed by atoms with Crippen molar-refractivity contribution in [3.8, 4) is 5.75 Å². The number of carbonyl (C=O) groups excluding carboxylic acids is 1. The van der Waals surface area contributed by atoms with Gasteiger partial charge in [-0.25, -0.2) is 4.79 Å². The molecule has 0 atom stereocenters. The van der Waals surface area contributed by atoms with Crippen LogP contribution in [0.3, 0.4) is 0 Å². The van der Waals surface area contributed by atoms with Gasteiger partial charge in [0.15, 0.2) is 0 Å². The van der Waals surface area contributed by atoms with Crippen molar-refractivity contribution in [2.75, 3.05) is 17.7 Å². The molecule has 23 heavy (non-hydrogen) atoms. The van der Waals surface area contributed by atoms with Gasteiger partial charge in [0, 0.05) is 31.3 Å². The summed E-state index contributed by atoms with van der Waals surface area (Å²) in [6.07, 6.45) is 0. The van der Waals surface area contributed by atoms with E-state index >= 15 is 0 Å². The molecule has 2 aromatic rings. The van der Waals surface area contributed by atoms with Crippen molar-refractivity contribution in [3.05, 3.63) is 49.9 Å². The van der Waals surface area contributed by atoms with Gasteiger partial charge in [0.25, 0.3) is 0 Å². The monoisotopic (exact) mass is 462 g/mol. The number of rotatable bonds is 4. The molecule has 0 radical (unpaired) electrons. The van der Waals surface area contributed by atoms with E-state index in [9.17, 15) is 9.90 Å². The summed E-state index contributed by atoms with van der Waals surface area (Å²) >= 11 is 12.7. The second kappa shape index (κ2) is 8.01. The molecule has 0 aliphatic rings. The molecule has 0 aliphatic carbocycles. The maximum absolute atomic E-state index is 12.2. The third-order valence-corrected chi connectivity index (χ3v) is 4.32. The number of anilines is 2. The van der Waals surface area contributed by atoms with E-state index in [0.717, 1.165) is 4.47 Å². The van der Waals surface area contributed by atoms with Gasteiger partial charge in [-0.3, -0.25) is 0 Å². The predicted molar refractivity (Wildman–Crippen MR) is 98.4 cm³/mol. The van der Waals surface area contributed by atoms with Crippen molar-refractivity contribution in [1.29, 1.82) is 0 Å². The molecule has 0 aliphatic heterocycles. The Morgan fingerprint density at radius 3 is 2.61 bits per heavy atom. The Kier molecular flexibility index (Phi) is 6.29. The molecule has 2 rings (SSSR count). The Labute approximate surface area is 155 Å². The molecule has 0 spiro atoms. The molecule has 0 aromatic heterocycles. The fourth-order valence-electron chi connectivity index (χ4n) is 1.91. The van der Waals surface area contributed by atoms with E-state index in [0.29, 0.717) is 32.2 Å². The molecule has 0 bridgehead atoms. The minimum Gasteiger partial charge on any atom is -0.497 e. The highest BCUT2D eigenvalue weighted by molar-refractivity contribution is 9.11. The third-order valence-electron chi connectivity index (χ3n) is 2.93. The molecule has 5 nitrogen and oxygen atoms in total. The van der Waals surface area contributed by atoms with Crippen LogP contribution in [-0.2, 0) is 6.61 Å². The smallest absolute Gasteiger partial charge is 0.323 e. The molecule has 2 aromatic carbocycles.